The number of anilines is 2. The van der Waals surface area contributed by atoms with Gasteiger partial charge in [0.25, 0.3) is 0 Å². The predicted molar refractivity (Wildman–Crippen MR) is 108 cm³/mol. The fraction of sp³-hybridized carbons (Fsp3) is 0.333. The monoisotopic (exact) mass is 369 g/mol. The second-order valence-corrected chi connectivity index (χ2v) is 6.34. The number of benzene rings is 2. The first kappa shape index (κ1) is 20.3. The number of ether oxygens (including phenoxy) is 1. The fourth-order valence-corrected chi connectivity index (χ4v) is 2.80. The molecule has 2 aromatic rings. The Bertz CT molecular complexity index is 818. The highest BCUT2D eigenvalue weighted by atomic mass is 16.5. The van der Waals surface area contributed by atoms with Crippen LogP contribution in [0.4, 0.5) is 11.4 Å². The minimum absolute atomic E-state index is 0.105. The number of para-hydroxylation sites is 1. The zero-order valence-corrected chi connectivity index (χ0v) is 16.3. The molecule has 6 heteroatoms. The number of carbonyl (C=O) groups excluding carboxylic acids is 2. The maximum Gasteiger partial charge on any atom is 0.243 e. The van der Waals surface area contributed by atoms with Gasteiger partial charge in [-0.1, -0.05) is 31.2 Å². The van der Waals surface area contributed by atoms with E-state index in [1.54, 1.807) is 13.2 Å². The van der Waals surface area contributed by atoms with Crippen molar-refractivity contribution in [1.82, 2.24) is 5.32 Å². The van der Waals surface area contributed by atoms with Crippen LogP contribution < -0.4 is 20.7 Å². The summed E-state index contributed by atoms with van der Waals surface area (Å²) in [7, 11) is 1.55. The molecule has 0 saturated heterocycles. The molecule has 27 heavy (non-hydrogen) atoms. The van der Waals surface area contributed by atoms with Crippen LogP contribution in [0.2, 0.25) is 0 Å². The maximum atomic E-state index is 12.1. The van der Waals surface area contributed by atoms with Gasteiger partial charge in [0.1, 0.15) is 5.75 Å². The van der Waals surface area contributed by atoms with Crippen molar-refractivity contribution in [1.29, 1.82) is 0 Å². The number of methoxy groups -OCH3 is 1. The van der Waals surface area contributed by atoms with E-state index in [1.807, 2.05) is 44.2 Å². The van der Waals surface area contributed by atoms with Gasteiger partial charge < -0.3 is 20.7 Å². The summed E-state index contributed by atoms with van der Waals surface area (Å²) >= 11 is 0. The largest absolute Gasteiger partial charge is 0.495 e. The second kappa shape index (κ2) is 9.62. The van der Waals surface area contributed by atoms with Crippen LogP contribution in [0.15, 0.2) is 36.4 Å². The quantitative estimate of drug-likeness (QED) is 0.668. The van der Waals surface area contributed by atoms with E-state index in [9.17, 15) is 9.59 Å². The fourth-order valence-electron chi connectivity index (χ4n) is 2.80. The highest BCUT2D eigenvalue weighted by Gasteiger charge is 2.10. The van der Waals surface area contributed by atoms with E-state index in [0.717, 1.165) is 28.8 Å². The lowest BCUT2D eigenvalue weighted by molar-refractivity contribution is -0.122. The Morgan fingerprint density at radius 2 is 1.81 bits per heavy atom. The van der Waals surface area contributed by atoms with Crippen molar-refractivity contribution in [2.75, 3.05) is 30.8 Å². The van der Waals surface area contributed by atoms with E-state index < -0.39 is 0 Å². The van der Waals surface area contributed by atoms with Crippen LogP contribution in [-0.4, -0.2) is 32.0 Å². The van der Waals surface area contributed by atoms with Gasteiger partial charge in [-0.25, -0.2) is 0 Å². The molecule has 2 amide bonds. The van der Waals surface area contributed by atoms with Crippen molar-refractivity contribution in [3.8, 4) is 5.75 Å². The first-order valence-corrected chi connectivity index (χ1v) is 8.98. The van der Waals surface area contributed by atoms with Crippen molar-refractivity contribution in [2.45, 2.75) is 27.2 Å². The van der Waals surface area contributed by atoms with Crippen molar-refractivity contribution in [3.05, 3.63) is 53.1 Å². The molecule has 0 spiro atoms. The lowest BCUT2D eigenvalue weighted by Gasteiger charge is -2.14. The standard InChI is InChI=1S/C21H27N3O3/c1-5-16-8-6-7-15(3)21(16)23-12-19(25)22-13-20(26)24-17-11-14(2)9-10-18(17)27-4/h6-11,23H,5,12-13H2,1-4H3,(H,22,25)(H,24,26). The third-order valence-electron chi connectivity index (χ3n) is 4.24. The molecule has 144 valence electrons. The molecule has 0 aliphatic carbocycles. The maximum absolute atomic E-state index is 12.1. The van der Waals surface area contributed by atoms with E-state index in [-0.39, 0.29) is 24.9 Å². The Morgan fingerprint density at radius 3 is 2.52 bits per heavy atom. The van der Waals surface area contributed by atoms with E-state index in [4.69, 9.17) is 4.74 Å². The Balaban J connectivity index is 1.86. The van der Waals surface area contributed by atoms with Gasteiger partial charge in [0.15, 0.2) is 0 Å². The zero-order chi connectivity index (χ0) is 19.8. The van der Waals surface area contributed by atoms with E-state index in [0.29, 0.717) is 11.4 Å². The predicted octanol–water partition coefficient (Wildman–Crippen LogP) is 3.04. The summed E-state index contributed by atoms with van der Waals surface area (Å²) in [6.45, 7) is 6.01. The molecule has 0 unspecified atom stereocenters. The van der Waals surface area contributed by atoms with Gasteiger partial charge in [-0.05, 0) is 49.1 Å². The van der Waals surface area contributed by atoms with E-state index >= 15 is 0 Å². The van der Waals surface area contributed by atoms with E-state index in [2.05, 4.69) is 22.9 Å². The Kier molecular flexibility index (Phi) is 7.23. The molecule has 0 radical (unpaired) electrons. The highest BCUT2D eigenvalue weighted by molar-refractivity contribution is 5.96. The average Bonchev–Trinajstić information content (AvgIpc) is 2.65. The summed E-state index contributed by atoms with van der Waals surface area (Å²) in [6.07, 6.45) is 0.881. The zero-order valence-electron chi connectivity index (χ0n) is 16.3. The summed E-state index contributed by atoms with van der Waals surface area (Å²) in [5.74, 6) is 0.0256. The van der Waals surface area contributed by atoms with Gasteiger partial charge in [0.2, 0.25) is 11.8 Å². The van der Waals surface area contributed by atoms with Crippen LogP contribution in [0.1, 0.15) is 23.6 Å². The third-order valence-corrected chi connectivity index (χ3v) is 4.24. The number of hydrogen-bond donors (Lipinski definition) is 3. The van der Waals surface area contributed by atoms with Gasteiger partial charge in [-0.3, -0.25) is 9.59 Å². The number of aryl methyl sites for hydroxylation is 3. The smallest absolute Gasteiger partial charge is 0.243 e. The van der Waals surface area contributed by atoms with Crippen LogP contribution in [0.5, 0.6) is 5.75 Å². The summed E-state index contributed by atoms with van der Waals surface area (Å²) in [5, 5.41) is 8.56. The van der Waals surface area contributed by atoms with Crippen LogP contribution >= 0.6 is 0 Å². The first-order chi connectivity index (χ1) is 12.9. The summed E-state index contributed by atoms with van der Waals surface area (Å²) in [6, 6.07) is 11.6. The van der Waals surface area contributed by atoms with Crippen LogP contribution in [0.3, 0.4) is 0 Å². The lowest BCUT2D eigenvalue weighted by Crippen LogP contribution is -2.36. The lowest BCUT2D eigenvalue weighted by atomic mass is 10.1. The first-order valence-electron chi connectivity index (χ1n) is 8.98. The normalized spacial score (nSPS) is 10.2. The van der Waals surface area contributed by atoms with Crippen molar-refractivity contribution in [2.24, 2.45) is 0 Å². The summed E-state index contributed by atoms with van der Waals surface area (Å²) in [5.41, 5.74) is 4.81. The topological polar surface area (TPSA) is 79.5 Å². The van der Waals surface area contributed by atoms with Gasteiger partial charge in [0.05, 0.1) is 25.9 Å². The SMILES string of the molecule is CCc1cccc(C)c1NCC(=O)NCC(=O)Nc1cc(C)ccc1OC. The van der Waals surface area contributed by atoms with Crippen LogP contribution in [-0.2, 0) is 16.0 Å². The highest BCUT2D eigenvalue weighted by Crippen LogP contribution is 2.25. The molecule has 2 rings (SSSR count). The van der Waals surface area contributed by atoms with Gasteiger partial charge in [-0.15, -0.1) is 0 Å². The summed E-state index contributed by atoms with van der Waals surface area (Å²) < 4.78 is 5.24. The van der Waals surface area contributed by atoms with Crippen LogP contribution in [0, 0.1) is 13.8 Å². The Labute approximate surface area is 160 Å². The number of amides is 2. The molecule has 0 aliphatic heterocycles. The molecule has 3 N–H and O–H groups in total. The third kappa shape index (κ3) is 5.74. The molecular formula is C21H27N3O3. The van der Waals surface area contributed by atoms with Gasteiger partial charge in [-0.2, -0.15) is 0 Å². The number of nitrogens with one attached hydrogen (secondary N) is 3. The van der Waals surface area contributed by atoms with Gasteiger partial charge >= 0.3 is 0 Å². The van der Waals surface area contributed by atoms with Crippen molar-refractivity contribution >= 4 is 23.2 Å². The molecular weight excluding hydrogens is 342 g/mol. The molecule has 0 aromatic heterocycles. The van der Waals surface area contributed by atoms with Crippen molar-refractivity contribution in [3.63, 3.8) is 0 Å². The van der Waals surface area contributed by atoms with E-state index in [1.165, 1.54) is 0 Å². The Morgan fingerprint density at radius 1 is 1.04 bits per heavy atom. The van der Waals surface area contributed by atoms with Crippen molar-refractivity contribution < 1.29 is 14.3 Å². The molecule has 2 aromatic carbocycles. The molecule has 0 aliphatic rings. The Hall–Kier alpha value is -3.02. The molecule has 0 bridgehead atoms. The minimum Gasteiger partial charge on any atom is -0.495 e. The van der Waals surface area contributed by atoms with Gasteiger partial charge in [0, 0.05) is 5.69 Å². The molecule has 0 fully saturated rings. The molecule has 0 saturated carbocycles. The molecule has 6 nitrogen and oxygen atoms in total. The average molecular weight is 369 g/mol. The molecule has 0 atom stereocenters. The van der Waals surface area contributed by atoms with Crippen LogP contribution in [0.25, 0.3) is 0 Å². The number of rotatable bonds is 8. The molecule has 0 heterocycles. The number of hydrogen-bond acceptors (Lipinski definition) is 4. The minimum atomic E-state index is -0.308. The number of carbonyl (C=O) groups is 2. The summed E-state index contributed by atoms with van der Waals surface area (Å²) in [4.78, 5) is 24.2. The second-order valence-electron chi connectivity index (χ2n) is 6.34.